The minimum absolute atomic E-state index is 0.0437. The summed E-state index contributed by atoms with van der Waals surface area (Å²) in [6.07, 6.45) is 0.0884. The number of rotatable bonds is 5. The van der Waals surface area contributed by atoms with E-state index in [-0.39, 0.29) is 25.2 Å². The lowest BCUT2D eigenvalue weighted by molar-refractivity contribution is -0.211. The fraction of sp³-hybridized carbons (Fsp3) is 0.889. The third-order valence-electron chi connectivity index (χ3n) is 10.7. The summed E-state index contributed by atoms with van der Waals surface area (Å²) in [6, 6.07) is 0. The Morgan fingerprint density at radius 1 is 0.971 bits per heavy atom. The SMILES string of the molecule is CC(C)(O)CC[C@@H](O)[C@@](C)(O)C1CC[C@@]2(O)C3=CC(=O)[C@]4(O)C[C@@H](O)[C@@H](O)C[C@]4(C)C3CC[C@]12C. The first-order chi connectivity index (χ1) is 15.8. The molecular formula is C27H44O8. The average Bonchev–Trinajstić information content (AvgIpc) is 3.01. The van der Waals surface area contributed by atoms with Crippen LogP contribution in [0.15, 0.2) is 11.6 Å². The van der Waals surface area contributed by atoms with E-state index in [9.17, 15) is 40.5 Å². The Bertz CT molecular complexity index is 907. The third kappa shape index (κ3) is 3.70. The maximum Gasteiger partial charge on any atom is 0.187 e. The first kappa shape index (κ1) is 27.2. The summed E-state index contributed by atoms with van der Waals surface area (Å²) >= 11 is 0. The van der Waals surface area contributed by atoms with E-state index in [1.54, 1.807) is 27.7 Å². The van der Waals surface area contributed by atoms with Gasteiger partial charge < -0.3 is 35.7 Å². The highest BCUT2D eigenvalue weighted by Crippen LogP contribution is 2.69. The van der Waals surface area contributed by atoms with Crippen molar-refractivity contribution in [1.82, 2.24) is 0 Å². The highest BCUT2D eigenvalue weighted by molar-refractivity contribution is 6.00. The van der Waals surface area contributed by atoms with Crippen molar-refractivity contribution >= 4 is 5.78 Å². The maximum absolute atomic E-state index is 13.3. The van der Waals surface area contributed by atoms with Gasteiger partial charge in [0.2, 0.25) is 0 Å². The van der Waals surface area contributed by atoms with Crippen molar-refractivity contribution in [1.29, 1.82) is 0 Å². The molecule has 4 rings (SSSR count). The van der Waals surface area contributed by atoms with Gasteiger partial charge in [-0.2, -0.15) is 0 Å². The first-order valence-corrected chi connectivity index (χ1v) is 13.0. The van der Waals surface area contributed by atoms with E-state index in [0.717, 1.165) is 0 Å². The molecule has 8 nitrogen and oxygen atoms in total. The van der Waals surface area contributed by atoms with Crippen molar-refractivity contribution in [2.45, 2.75) is 127 Å². The number of carbonyl (C=O) groups is 1. The van der Waals surface area contributed by atoms with Crippen molar-refractivity contribution in [3.8, 4) is 0 Å². The molecule has 2 unspecified atom stereocenters. The fourth-order valence-corrected chi connectivity index (χ4v) is 8.31. The third-order valence-corrected chi connectivity index (χ3v) is 10.7. The van der Waals surface area contributed by atoms with Crippen LogP contribution in [0.25, 0.3) is 0 Å². The van der Waals surface area contributed by atoms with Crippen molar-refractivity contribution in [3.63, 3.8) is 0 Å². The number of aliphatic hydroxyl groups is 7. The summed E-state index contributed by atoms with van der Waals surface area (Å²) in [7, 11) is 0. The van der Waals surface area contributed by atoms with E-state index in [1.165, 1.54) is 6.08 Å². The van der Waals surface area contributed by atoms with Crippen LogP contribution in [0, 0.1) is 22.7 Å². The lowest BCUT2D eigenvalue weighted by Gasteiger charge is -2.62. The second-order valence-electron chi connectivity index (χ2n) is 13.3. The van der Waals surface area contributed by atoms with Crippen LogP contribution in [0.3, 0.4) is 0 Å². The van der Waals surface area contributed by atoms with E-state index in [2.05, 4.69) is 0 Å². The van der Waals surface area contributed by atoms with Crippen molar-refractivity contribution in [2.24, 2.45) is 22.7 Å². The van der Waals surface area contributed by atoms with Gasteiger partial charge in [-0.3, -0.25) is 4.79 Å². The zero-order valence-corrected chi connectivity index (χ0v) is 21.7. The highest BCUT2D eigenvalue weighted by atomic mass is 16.3. The number of aliphatic hydroxyl groups excluding tert-OH is 3. The largest absolute Gasteiger partial charge is 0.390 e. The smallest absolute Gasteiger partial charge is 0.187 e. The molecule has 0 bridgehead atoms. The number of hydrogen-bond acceptors (Lipinski definition) is 8. The van der Waals surface area contributed by atoms with Gasteiger partial charge in [-0.25, -0.2) is 0 Å². The van der Waals surface area contributed by atoms with Gasteiger partial charge in [0.05, 0.1) is 35.1 Å². The summed E-state index contributed by atoms with van der Waals surface area (Å²) in [5.41, 5.74) is -7.07. The second kappa shape index (κ2) is 8.06. The summed E-state index contributed by atoms with van der Waals surface area (Å²) in [5, 5.41) is 77.0. The van der Waals surface area contributed by atoms with Gasteiger partial charge in [0, 0.05) is 17.3 Å². The van der Waals surface area contributed by atoms with Crippen LogP contribution in [-0.4, -0.2) is 82.2 Å². The predicted octanol–water partition coefficient (Wildman–Crippen LogP) is 0.969. The van der Waals surface area contributed by atoms with Gasteiger partial charge in [0.1, 0.15) is 5.60 Å². The van der Waals surface area contributed by atoms with Crippen molar-refractivity contribution < 1.29 is 40.5 Å². The van der Waals surface area contributed by atoms with E-state index in [0.29, 0.717) is 37.7 Å². The minimum Gasteiger partial charge on any atom is -0.390 e. The van der Waals surface area contributed by atoms with Gasteiger partial charge in [-0.1, -0.05) is 13.8 Å². The van der Waals surface area contributed by atoms with E-state index in [4.69, 9.17) is 0 Å². The Morgan fingerprint density at radius 2 is 1.57 bits per heavy atom. The predicted molar refractivity (Wildman–Crippen MR) is 128 cm³/mol. The maximum atomic E-state index is 13.3. The molecule has 4 aliphatic carbocycles. The van der Waals surface area contributed by atoms with E-state index >= 15 is 0 Å². The van der Waals surface area contributed by atoms with E-state index in [1.807, 2.05) is 6.92 Å². The van der Waals surface area contributed by atoms with E-state index < -0.39 is 63.2 Å². The molecule has 0 heterocycles. The molecule has 10 atom stereocenters. The lowest BCUT2D eigenvalue weighted by atomic mass is 9.44. The van der Waals surface area contributed by atoms with Crippen LogP contribution in [0.5, 0.6) is 0 Å². The zero-order chi connectivity index (χ0) is 26.4. The van der Waals surface area contributed by atoms with Crippen LogP contribution < -0.4 is 0 Å². The minimum atomic E-state index is -1.82. The molecule has 7 N–H and O–H groups in total. The number of carbonyl (C=O) groups excluding carboxylic acids is 1. The van der Waals surface area contributed by atoms with Gasteiger partial charge in [-0.15, -0.1) is 0 Å². The molecule has 0 aromatic carbocycles. The summed E-state index contributed by atoms with van der Waals surface area (Å²) in [5.74, 6) is -1.38. The summed E-state index contributed by atoms with van der Waals surface area (Å²) in [4.78, 5) is 13.3. The van der Waals surface area contributed by atoms with Crippen molar-refractivity contribution in [2.75, 3.05) is 0 Å². The van der Waals surface area contributed by atoms with Crippen LogP contribution >= 0.6 is 0 Å². The molecule has 0 aliphatic heterocycles. The molecule has 200 valence electrons. The molecular weight excluding hydrogens is 452 g/mol. The van der Waals surface area contributed by atoms with Gasteiger partial charge in [0.15, 0.2) is 5.78 Å². The Labute approximate surface area is 207 Å². The zero-order valence-electron chi connectivity index (χ0n) is 21.7. The fourth-order valence-electron chi connectivity index (χ4n) is 8.31. The number of ketones is 1. The molecule has 3 fully saturated rings. The van der Waals surface area contributed by atoms with Crippen LogP contribution in [0.4, 0.5) is 0 Å². The van der Waals surface area contributed by atoms with Gasteiger partial charge >= 0.3 is 0 Å². The topological polar surface area (TPSA) is 159 Å². The molecule has 35 heavy (non-hydrogen) atoms. The first-order valence-electron chi connectivity index (χ1n) is 13.0. The number of hydrogen-bond donors (Lipinski definition) is 7. The molecule has 0 spiro atoms. The average molecular weight is 497 g/mol. The summed E-state index contributed by atoms with van der Waals surface area (Å²) in [6.45, 7) is 8.58. The monoisotopic (exact) mass is 496 g/mol. The van der Waals surface area contributed by atoms with Crippen molar-refractivity contribution in [3.05, 3.63) is 11.6 Å². The lowest BCUT2D eigenvalue weighted by Crippen LogP contribution is -2.69. The molecule has 3 saturated carbocycles. The number of fused-ring (bicyclic) bond motifs is 5. The highest BCUT2D eigenvalue weighted by Gasteiger charge is 2.71. The molecule has 0 aromatic rings. The Hall–Kier alpha value is -0.870. The molecule has 0 saturated heterocycles. The normalized spacial score (nSPS) is 48.3. The Kier molecular flexibility index (Phi) is 6.26. The van der Waals surface area contributed by atoms with Crippen LogP contribution in [0.2, 0.25) is 0 Å². The molecule has 0 radical (unpaired) electrons. The second-order valence-corrected chi connectivity index (χ2v) is 13.3. The quantitative estimate of drug-likeness (QED) is 0.297. The van der Waals surface area contributed by atoms with Crippen LogP contribution in [-0.2, 0) is 4.79 Å². The van der Waals surface area contributed by atoms with Gasteiger partial charge in [0.25, 0.3) is 0 Å². The summed E-state index contributed by atoms with van der Waals surface area (Å²) < 4.78 is 0. The van der Waals surface area contributed by atoms with Crippen LogP contribution in [0.1, 0.15) is 86.0 Å². The molecule has 8 heteroatoms. The molecule has 0 amide bonds. The standard InChI is InChI=1S/C27H44O8/c1-22(2,32)9-8-20(30)25(5,33)19-7-11-26(34)16-12-21(31)27(35)14-18(29)17(28)13-24(27,4)15(16)6-10-23(19,26)3/h12,15,17-20,28-30,32-35H,6-11,13-14H2,1-5H3/t15?,17-,18+,19?,20+,23+,24+,25-,26+,27+/m0/s1. The Morgan fingerprint density at radius 3 is 2.17 bits per heavy atom. The molecule has 4 aliphatic rings. The van der Waals surface area contributed by atoms with Gasteiger partial charge in [-0.05, 0) is 89.2 Å². The Balaban J connectivity index is 1.70. The molecule has 0 aromatic heterocycles.